The lowest BCUT2D eigenvalue weighted by atomic mass is 9.94. The van der Waals surface area contributed by atoms with E-state index in [9.17, 15) is 9.59 Å². The third-order valence-corrected chi connectivity index (χ3v) is 4.57. The van der Waals surface area contributed by atoms with E-state index in [1.807, 2.05) is 0 Å². The summed E-state index contributed by atoms with van der Waals surface area (Å²) in [4.78, 5) is 25.7. The van der Waals surface area contributed by atoms with Crippen LogP contribution in [0, 0.1) is 5.92 Å². The molecule has 1 N–H and O–H groups in total. The lowest BCUT2D eigenvalue weighted by Gasteiger charge is -2.28. The number of carbonyl (C=O) groups is 2. The van der Waals surface area contributed by atoms with Crippen LogP contribution in [0.1, 0.15) is 46.5 Å². The first kappa shape index (κ1) is 20.5. The summed E-state index contributed by atoms with van der Waals surface area (Å²) in [6.45, 7) is 10.2. The Labute approximate surface area is 150 Å². The Hall–Kier alpha value is -1.53. The Bertz CT molecular complexity index is 540. The number of allylic oxidation sites excluding steroid dienone is 1. The number of rotatable bonds is 9. The van der Waals surface area contributed by atoms with E-state index in [1.165, 1.54) is 4.90 Å². The van der Waals surface area contributed by atoms with E-state index in [4.69, 9.17) is 17.0 Å². The van der Waals surface area contributed by atoms with Crippen molar-refractivity contribution < 1.29 is 14.3 Å². The maximum absolute atomic E-state index is 12.4. The zero-order valence-corrected chi connectivity index (χ0v) is 15.9. The van der Waals surface area contributed by atoms with E-state index in [0.29, 0.717) is 12.3 Å². The number of ether oxygens (including phenoxy) is 1. The molecular formula is C18H28N2O3S. The van der Waals surface area contributed by atoms with Gasteiger partial charge in [-0.3, -0.25) is 19.8 Å². The molecule has 0 spiro atoms. The highest BCUT2D eigenvalue weighted by molar-refractivity contribution is 7.80. The largest absolute Gasteiger partial charge is 0.379 e. The van der Waals surface area contributed by atoms with Gasteiger partial charge < -0.3 is 4.74 Å². The minimum absolute atomic E-state index is 0.113. The molecule has 1 rings (SSSR count). The number of methoxy groups -OCH3 is 1. The van der Waals surface area contributed by atoms with Gasteiger partial charge in [0, 0.05) is 13.7 Å². The van der Waals surface area contributed by atoms with E-state index in [0.717, 1.165) is 19.3 Å². The van der Waals surface area contributed by atoms with Crippen LogP contribution in [-0.4, -0.2) is 41.1 Å². The fourth-order valence-electron chi connectivity index (χ4n) is 2.46. The van der Waals surface area contributed by atoms with E-state index in [-0.39, 0.29) is 28.7 Å². The Kier molecular flexibility index (Phi) is 7.76. The number of hydrogen-bond donors (Lipinski definition) is 1. The first-order valence-corrected chi connectivity index (χ1v) is 8.66. The number of carbonyl (C=O) groups excluding carboxylic acids is 2. The molecule has 1 fully saturated rings. The molecule has 0 aromatic rings. The van der Waals surface area contributed by atoms with Crippen LogP contribution < -0.4 is 5.32 Å². The molecule has 1 heterocycles. The summed E-state index contributed by atoms with van der Waals surface area (Å²) in [6.07, 6.45) is 7.02. The number of nitrogens with one attached hydrogen (secondary N) is 1. The molecule has 24 heavy (non-hydrogen) atoms. The van der Waals surface area contributed by atoms with Crippen molar-refractivity contribution in [3.8, 4) is 0 Å². The van der Waals surface area contributed by atoms with Gasteiger partial charge in [0.1, 0.15) is 5.57 Å². The topological polar surface area (TPSA) is 58.6 Å². The highest BCUT2D eigenvalue weighted by atomic mass is 32.1. The maximum Gasteiger partial charge on any atom is 0.265 e. The zero-order valence-electron chi connectivity index (χ0n) is 15.1. The summed E-state index contributed by atoms with van der Waals surface area (Å²) < 4.78 is 5.41. The van der Waals surface area contributed by atoms with Crippen molar-refractivity contribution in [1.29, 1.82) is 0 Å². The molecule has 1 atom stereocenters. The minimum atomic E-state index is -0.418. The SMILES string of the molecule is C=CCN1C(=O)/C(=C/CC(C)CCCC(C)(C)OC)C(=O)NC1=S. The summed E-state index contributed by atoms with van der Waals surface area (Å²) in [5.74, 6) is -0.387. The monoisotopic (exact) mass is 352 g/mol. The van der Waals surface area contributed by atoms with Crippen LogP contribution in [0.2, 0.25) is 0 Å². The van der Waals surface area contributed by atoms with Gasteiger partial charge in [-0.2, -0.15) is 0 Å². The van der Waals surface area contributed by atoms with Gasteiger partial charge in [0.2, 0.25) is 0 Å². The van der Waals surface area contributed by atoms with Crippen LogP contribution in [0.5, 0.6) is 0 Å². The fourth-order valence-corrected chi connectivity index (χ4v) is 2.71. The smallest absolute Gasteiger partial charge is 0.265 e. The first-order chi connectivity index (χ1) is 11.2. The molecule has 0 bridgehead atoms. The van der Waals surface area contributed by atoms with E-state index in [1.54, 1.807) is 19.3 Å². The lowest BCUT2D eigenvalue weighted by molar-refractivity contribution is -0.128. The third-order valence-electron chi connectivity index (χ3n) is 4.25. The average molecular weight is 352 g/mol. The van der Waals surface area contributed by atoms with Crippen molar-refractivity contribution in [2.45, 2.75) is 52.1 Å². The lowest BCUT2D eigenvalue weighted by Crippen LogP contribution is -2.53. The Morgan fingerprint density at radius 2 is 2.08 bits per heavy atom. The van der Waals surface area contributed by atoms with Gasteiger partial charge in [-0.1, -0.05) is 31.9 Å². The number of hydrogen-bond acceptors (Lipinski definition) is 4. The second-order valence-electron chi connectivity index (χ2n) is 6.78. The Morgan fingerprint density at radius 1 is 1.42 bits per heavy atom. The third kappa shape index (κ3) is 5.83. The number of thiocarbonyl (C=S) groups is 1. The van der Waals surface area contributed by atoms with Gasteiger partial charge in [0.15, 0.2) is 5.11 Å². The molecule has 0 aromatic heterocycles. The molecule has 1 aliphatic heterocycles. The van der Waals surface area contributed by atoms with E-state index in [2.05, 4.69) is 32.7 Å². The minimum Gasteiger partial charge on any atom is -0.379 e. The van der Waals surface area contributed by atoms with Crippen molar-refractivity contribution in [3.05, 3.63) is 24.3 Å². The van der Waals surface area contributed by atoms with Gasteiger partial charge >= 0.3 is 0 Å². The van der Waals surface area contributed by atoms with Gasteiger partial charge in [0.25, 0.3) is 11.8 Å². The van der Waals surface area contributed by atoms with Crippen LogP contribution in [0.25, 0.3) is 0 Å². The average Bonchev–Trinajstić information content (AvgIpc) is 2.51. The zero-order chi connectivity index (χ0) is 18.3. The molecule has 2 amide bonds. The first-order valence-electron chi connectivity index (χ1n) is 8.25. The number of amides is 2. The summed E-state index contributed by atoms with van der Waals surface area (Å²) in [5.41, 5.74) is 0.0488. The van der Waals surface area contributed by atoms with Crippen molar-refractivity contribution in [3.63, 3.8) is 0 Å². The molecular weight excluding hydrogens is 324 g/mol. The van der Waals surface area contributed by atoms with Crippen molar-refractivity contribution in [2.75, 3.05) is 13.7 Å². The predicted molar refractivity (Wildman–Crippen MR) is 99.5 cm³/mol. The van der Waals surface area contributed by atoms with Crippen molar-refractivity contribution in [2.24, 2.45) is 5.92 Å². The Morgan fingerprint density at radius 3 is 2.67 bits per heavy atom. The van der Waals surface area contributed by atoms with Gasteiger partial charge in [-0.15, -0.1) is 6.58 Å². The molecule has 0 aliphatic carbocycles. The molecule has 0 aromatic carbocycles. The number of nitrogens with zero attached hydrogens (tertiary/aromatic N) is 1. The van der Waals surface area contributed by atoms with Crippen molar-refractivity contribution in [1.82, 2.24) is 10.2 Å². The molecule has 5 nitrogen and oxygen atoms in total. The second-order valence-corrected chi connectivity index (χ2v) is 7.17. The van der Waals surface area contributed by atoms with Crippen LogP contribution in [0.15, 0.2) is 24.3 Å². The van der Waals surface area contributed by atoms with Gasteiger partial charge in [0.05, 0.1) is 5.60 Å². The molecule has 0 radical (unpaired) electrons. The summed E-state index contributed by atoms with van der Waals surface area (Å²) >= 11 is 5.03. The molecule has 1 unspecified atom stereocenters. The molecule has 134 valence electrons. The highest BCUT2D eigenvalue weighted by Gasteiger charge is 2.32. The highest BCUT2D eigenvalue weighted by Crippen LogP contribution is 2.21. The maximum atomic E-state index is 12.4. The van der Waals surface area contributed by atoms with Crippen molar-refractivity contribution >= 4 is 29.1 Å². The normalized spacial score (nSPS) is 18.8. The van der Waals surface area contributed by atoms with Crippen LogP contribution in [0.3, 0.4) is 0 Å². The van der Waals surface area contributed by atoms with Gasteiger partial charge in [-0.05, 0) is 44.8 Å². The summed E-state index contributed by atoms with van der Waals surface area (Å²) in [5, 5.41) is 2.69. The van der Waals surface area contributed by atoms with Crippen LogP contribution in [-0.2, 0) is 14.3 Å². The van der Waals surface area contributed by atoms with Gasteiger partial charge in [-0.25, -0.2) is 0 Å². The molecule has 1 aliphatic rings. The Balaban J connectivity index is 2.61. The van der Waals surface area contributed by atoms with Crippen LogP contribution >= 0.6 is 12.2 Å². The fraction of sp³-hybridized carbons (Fsp3) is 0.611. The molecule has 0 saturated carbocycles. The van der Waals surface area contributed by atoms with Crippen LogP contribution in [0.4, 0.5) is 0 Å². The standard InChI is InChI=1S/C18H28N2O3S/c1-6-12-20-16(22)14(15(21)19-17(20)24)10-9-13(2)8-7-11-18(3,4)23-5/h6,10,13H,1,7-9,11-12H2,2-5H3,(H,19,21,24)/b14-10+. The summed E-state index contributed by atoms with van der Waals surface area (Å²) in [6, 6.07) is 0. The second kappa shape index (κ2) is 9.08. The molecule has 1 saturated heterocycles. The van der Waals surface area contributed by atoms with E-state index < -0.39 is 5.91 Å². The summed E-state index contributed by atoms with van der Waals surface area (Å²) in [7, 11) is 1.72. The van der Waals surface area contributed by atoms with E-state index >= 15 is 0 Å². The quantitative estimate of drug-likeness (QED) is 0.300. The predicted octanol–water partition coefficient (Wildman–Crippen LogP) is 2.96. The molecule has 6 heteroatoms.